The second-order valence-electron chi connectivity index (χ2n) is 8.64. The van der Waals surface area contributed by atoms with Crippen LogP contribution < -0.4 is 30.2 Å². The summed E-state index contributed by atoms with van der Waals surface area (Å²) in [6.07, 6.45) is 1.62. The Hall–Kier alpha value is -4.11. The van der Waals surface area contributed by atoms with E-state index >= 15 is 0 Å². The van der Waals surface area contributed by atoms with E-state index in [0.29, 0.717) is 54.8 Å². The summed E-state index contributed by atoms with van der Waals surface area (Å²) in [5, 5.41) is 2.78. The van der Waals surface area contributed by atoms with E-state index in [1.807, 2.05) is 30.3 Å². The molecule has 35 heavy (non-hydrogen) atoms. The van der Waals surface area contributed by atoms with Crippen molar-refractivity contribution >= 4 is 17.5 Å². The van der Waals surface area contributed by atoms with Crippen LogP contribution in [0.2, 0.25) is 0 Å². The van der Waals surface area contributed by atoms with Crippen LogP contribution in [-0.4, -0.2) is 49.7 Å². The number of nitrogens with one attached hydrogen (secondary N) is 1. The molecule has 1 unspecified atom stereocenters. The number of fused-ring (bicyclic) bond motifs is 5. The van der Waals surface area contributed by atoms with Crippen molar-refractivity contribution in [3.05, 3.63) is 77.1 Å². The van der Waals surface area contributed by atoms with Crippen LogP contribution in [0.15, 0.2) is 54.7 Å². The number of para-hydroxylation sites is 1. The molecule has 3 N–H and O–H groups in total. The molecular weight excluding hydrogens is 448 g/mol. The van der Waals surface area contributed by atoms with Gasteiger partial charge in [-0.3, -0.25) is 14.6 Å². The molecule has 9 heteroatoms. The van der Waals surface area contributed by atoms with Gasteiger partial charge in [-0.25, -0.2) is 0 Å². The zero-order valence-electron chi connectivity index (χ0n) is 19.0. The Morgan fingerprint density at radius 3 is 2.66 bits per heavy atom. The van der Waals surface area contributed by atoms with Crippen molar-refractivity contribution in [3.63, 3.8) is 0 Å². The van der Waals surface area contributed by atoms with Crippen molar-refractivity contribution in [1.29, 1.82) is 0 Å². The minimum atomic E-state index is -1.02. The standard InChI is InChI=1S/C26H24N4O5/c27-7-9-29-24(31)16-4-3-8-28-19(16)14-30-20-6-2-1-5-17(20)26(25(30)32)15-35-21-13-23-22(12-18(21)26)33-10-11-34-23/h1-6,8,12-13H,7,9-11,14-15,27H2,(H,29,31). The second-order valence-corrected chi connectivity index (χ2v) is 8.64. The average Bonchev–Trinajstić information content (AvgIpc) is 3.38. The summed E-state index contributed by atoms with van der Waals surface area (Å²) in [4.78, 5) is 33.1. The summed E-state index contributed by atoms with van der Waals surface area (Å²) in [7, 11) is 0. The van der Waals surface area contributed by atoms with Crippen molar-refractivity contribution < 1.29 is 23.8 Å². The molecule has 6 rings (SSSR count). The van der Waals surface area contributed by atoms with Gasteiger partial charge in [-0.05, 0) is 29.8 Å². The first-order valence-corrected chi connectivity index (χ1v) is 11.5. The van der Waals surface area contributed by atoms with Crippen molar-refractivity contribution in [1.82, 2.24) is 10.3 Å². The van der Waals surface area contributed by atoms with E-state index < -0.39 is 5.41 Å². The first-order chi connectivity index (χ1) is 17.1. The minimum Gasteiger partial charge on any atom is -0.491 e. The molecular formula is C26H24N4O5. The second kappa shape index (κ2) is 8.28. The number of aromatic nitrogens is 1. The van der Waals surface area contributed by atoms with Gasteiger partial charge in [-0.1, -0.05) is 18.2 Å². The number of anilines is 1. The molecule has 1 aromatic heterocycles. The normalized spacial score (nSPS) is 19.3. The lowest BCUT2D eigenvalue weighted by molar-refractivity contribution is -0.122. The SMILES string of the molecule is NCCNC(=O)c1cccnc1CN1C(=O)C2(COc3cc4c(cc32)OCCO4)c2ccccc21. The fraction of sp³-hybridized carbons (Fsp3) is 0.269. The molecule has 0 fully saturated rings. The number of nitrogens with two attached hydrogens (primary N) is 1. The molecule has 0 aliphatic carbocycles. The van der Waals surface area contributed by atoms with Crippen molar-refractivity contribution in [2.45, 2.75) is 12.0 Å². The number of carbonyl (C=O) groups is 2. The maximum absolute atomic E-state index is 14.2. The zero-order chi connectivity index (χ0) is 24.0. The maximum Gasteiger partial charge on any atom is 0.253 e. The molecule has 2 aromatic carbocycles. The first-order valence-electron chi connectivity index (χ1n) is 11.5. The molecule has 0 saturated carbocycles. The quantitative estimate of drug-likeness (QED) is 0.581. The highest BCUT2D eigenvalue weighted by Gasteiger charge is 2.57. The highest BCUT2D eigenvalue weighted by Crippen LogP contribution is 2.55. The summed E-state index contributed by atoms with van der Waals surface area (Å²) >= 11 is 0. The summed E-state index contributed by atoms with van der Waals surface area (Å²) in [6, 6.07) is 14.7. The Morgan fingerprint density at radius 2 is 1.83 bits per heavy atom. The van der Waals surface area contributed by atoms with E-state index in [0.717, 1.165) is 16.8 Å². The number of ether oxygens (including phenoxy) is 3. The van der Waals surface area contributed by atoms with Gasteiger partial charge < -0.3 is 30.2 Å². The van der Waals surface area contributed by atoms with Crippen LogP contribution in [0, 0.1) is 0 Å². The maximum atomic E-state index is 14.2. The van der Waals surface area contributed by atoms with Gasteiger partial charge in [-0.15, -0.1) is 0 Å². The topological polar surface area (TPSA) is 116 Å². The summed E-state index contributed by atoms with van der Waals surface area (Å²) in [5.41, 5.74) is 7.80. The van der Waals surface area contributed by atoms with E-state index in [1.54, 1.807) is 29.3 Å². The molecule has 178 valence electrons. The highest BCUT2D eigenvalue weighted by molar-refractivity contribution is 6.11. The van der Waals surface area contributed by atoms with Crippen LogP contribution in [0.5, 0.6) is 17.2 Å². The third kappa shape index (κ3) is 3.23. The Bertz CT molecular complexity index is 1340. The van der Waals surface area contributed by atoms with Crippen molar-refractivity contribution in [3.8, 4) is 17.2 Å². The number of hydrogen-bond donors (Lipinski definition) is 2. The van der Waals surface area contributed by atoms with Gasteiger partial charge in [0.1, 0.15) is 31.0 Å². The molecule has 0 bridgehead atoms. The van der Waals surface area contributed by atoms with Gasteiger partial charge in [0.15, 0.2) is 11.5 Å². The van der Waals surface area contributed by atoms with E-state index in [9.17, 15) is 9.59 Å². The van der Waals surface area contributed by atoms with Crippen LogP contribution in [-0.2, 0) is 16.8 Å². The Balaban J connectivity index is 1.42. The van der Waals surface area contributed by atoms with Gasteiger partial charge >= 0.3 is 0 Å². The number of benzene rings is 2. The minimum absolute atomic E-state index is 0.131. The smallest absolute Gasteiger partial charge is 0.253 e. The van der Waals surface area contributed by atoms with Crippen LogP contribution in [0.1, 0.15) is 27.2 Å². The van der Waals surface area contributed by atoms with Gasteiger partial charge in [0.2, 0.25) is 5.91 Å². The molecule has 3 aliphatic rings. The highest BCUT2D eigenvalue weighted by atomic mass is 16.6. The number of hydrogen-bond acceptors (Lipinski definition) is 7. The number of pyridine rings is 1. The number of rotatable bonds is 5. The molecule has 4 heterocycles. The fourth-order valence-corrected chi connectivity index (χ4v) is 5.07. The van der Waals surface area contributed by atoms with E-state index in [4.69, 9.17) is 19.9 Å². The lowest BCUT2D eigenvalue weighted by atomic mass is 9.77. The number of amides is 2. The van der Waals surface area contributed by atoms with Crippen LogP contribution >= 0.6 is 0 Å². The summed E-state index contributed by atoms with van der Waals surface area (Å²) < 4.78 is 17.6. The third-order valence-electron chi connectivity index (χ3n) is 6.69. The summed E-state index contributed by atoms with van der Waals surface area (Å²) in [6.45, 7) is 1.92. The first kappa shape index (κ1) is 21.4. The Kier molecular flexibility index (Phi) is 5.07. The van der Waals surface area contributed by atoms with E-state index in [2.05, 4.69) is 10.3 Å². The zero-order valence-corrected chi connectivity index (χ0v) is 19.0. The molecule has 0 saturated heterocycles. The van der Waals surface area contributed by atoms with Crippen LogP contribution in [0.25, 0.3) is 0 Å². The molecule has 3 aliphatic heterocycles. The number of nitrogens with zero attached hydrogens (tertiary/aromatic N) is 2. The van der Waals surface area contributed by atoms with Crippen LogP contribution in [0.4, 0.5) is 5.69 Å². The van der Waals surface area contributed by atoms with Gasteiger partial charge in [0, 0.05) is 36.6 Å². The van der Waals surface area contributed by atoms with Gasteiger partial charge in [0.05, 0.1) is 17.8 Å². The van der Waals surface area contributed by atoms with Crippen molar-refractivity contribution in [2.24, 2.45) is 5.73 Å². The Morgan fingerprint density at radius 1 is 1.03 bits per heavy atom. The average molecular weight is 473 g/mol. The molecule has 9 nitrogen and oxygen atoms in total. The predicted molar refractivity (Wildman–Crippen MR) is 127 cm³/mol. The lowest BCUT2D eigenvalue weighted by Gasteiger charge is -2.25. The molecule has 2 amide bonds. The monoisotopic (exact) mass is 472 g/mol. The molecule has 1 spiro atoms. The van der Waals surface area contributed by atoms with Crippen LogP contribution in [0.3, 0.4) is 0 Å². The molecule has 1 atom stereocenters. The Labute approximate surface area is 201 Å². The predicted octanol–water partition coefficient (Wildman–Crippen LogP) is 1.77. The van der Waals surface area contributed by atoms with Crippen molar-refractivity contribution in [2.75, 3.05) is 37.8 Å². The van der Waals surface area contributed by atoms with E-state index in [1.165, 1.54) is 0 Å². The number of carbonyl (C=O) groups excluding carboxylic acids is 2. The largest absolute Gasteiger partial charge is 0.491 e. The molecule has 0 radical (unpaired) electrons. The van der Waals surface area contributed by atoms with Gasteiger partial charge in [-0.2, -0.15) is 0 Å². The fourth-order valence-electron chi connectivity index (χ4n) is 5.07. The molecule has 3 aromatic rings. The lowest BCUT2D eigenvalue weighted by Crippen LogP contribution is -2.42. The third-order valence-corrected chi connectivity index (χ3v) is 6.69. The van der Waals surface area contributed by atoms with Gasteiger partial charge in [0.25, 0.3) is 5.91 Å². The summed E-state index contributed by atoms with van der Waals surface area (Å²) in [5.74, 6) is 1.43. The van der Waals surface area contributed by atoms with E-state index in [-0.39, 0.29) is 25.0 Å².